The van der Waals surface area contributed by atoms with Crippen LogP contribution in [0.3, 0.4) is 0 Å². The van der Waals surface area contributed by atoms with Gasteiger partial charge in [-0.3, -0.25) is 42.8 Å². The summed E-state index contributed by atoms with van der Waals surface area (Å²) in [5.74, 6) is -6.37. The first kappa shape index (κ1) is 114. The number of pyridine rings is 4. The van der Waals surface area contributed by atoms with Crippen molar-refractivity contribution in [3.63, 3.8) is 0 Å². The van der Waals surface area contributed by atoms with E-state index in [1.165, 1.54) is 29.3 Å². The van der Waals surface area contributed by atoms with Crippen LogP contribution in [0.5, 0.6) is 0 Å². The first-order valence-corrected chi connectivity index (χ1v) is 46.4. The maximum Gasteiger partial charge on any atom is 0.425 e. The van der Waals surface area contributed by atoms with Crippen molar-refractivity contribution in [3.05, 3.63) is 175 Å². The lowest BCUT2D eigenvalue weighted by Crippen LogP contribution is -3.04. The molecule has 0 saturated carbocycles. The molecule has 1 atom stereocenters. The molecule has 686 valence electrons. The number of fused-ring (bicyclic) bond motifs is 2. The van der Waals surface area contributed by atoms with Gasteiger partial charge in [-0.1, -0.05) is 51.3 Å². The van der Waals surface area contributed by atoms with E-state index in [9.17, 15) is 72.5 Å². The zero-order valence-electron chi connectivity index (χ0n) is 67.9. The first-order chi connectivity index (χ1) is 58.6. The molecule has 0 spiro atoms. The number of carbonyl (C=O) groups is 7. The largest absolute Gasteiger partial charge is 0.748 e. The molecule has 2 aliphatic heterocycles. The number of hydrogen-bond donors (Lipinski definition) is 10. The summed E-state index contributed by atoms with van der Waals surface area (Å²) in [6.07, 6.45) is 10.9. The number of carbonyl (C=O) groups excluding carboxylic acids is 10. The summed E-state index contributed by atoms with van der Waals surface area (Å²) < 4.78 is 204. The van der Waals surface area contributed by atoms with Gasteiger partial charge in [-0.2, -0.15) is 40.6 Å². The minimum Gasteiger partial charge on any atom is -0.748 e. The van der Waals surface area contributed by atoms with Gasteiger partial charge in [-0.05, 0) is 169 Å². The number of aromatic carboxylic acids is 1. The number of allylic oxidation sites excluding steroid dienone is 4. The van der Waals surface area contributed by atoms with Crippen molar-refractivity contribution < 1.29 is 157 Å². The highest BCUT2D eigenvalue weighted by atomic mass is 79.9. The third-order valence-corrected chi connectivity index (χ3v) is 19.5. The van der Waals surface area contributed by atoms with E-state index < -0.39 is 144 Å². The fourth-order valence-electron chi connectivity index (χ4n) is 11.4. The van der Waals surface area contributed by atoms with Crippen molar-refractivity contribution >= 4 is 175 Å². The van der Waals surface area contributed by atoms with Gasteiger partial charge in [-0.25, -0.2) is 33.1 Å². The molecule has 2 aliphatic rings. The van der Waals surface area contributed by atoms with E-state index in [1.54, 1.807) is 56.3 Å². The number of benzene rings is 2. The van der Waals surface area contributed by atoms with Gasteiger partial charge < -0.3 is 41.6 Å². The van der Waals surface area contributed by atoms with Crippen LogP contribution in [0.15, 0.2) is 124 Å². The van der Waals surface area contributed by atoms with Crippen LogP contribution in [0.1, 0.15) is 173 Å². The van der Waals surface area contributed by atoms with Crippen LogP contribution >= 0.6 is 31.9 Å². The summed E-state index contributed by atoms with van der Waals surface area (Å²) in [5.41, 5.74) is 6.49. The number of hydrogen-bond acceptors (Lipinski definition) is 34. The van der Waals surface area contributed by atoms with Crippen LogP contribution in [0.4, 0.5) is 11.4 Å². The lowest BCUT2D eigenvalue weighted by molar-refractivity contribution is -0.789. The van der Waals surface area contributed by atoms with Gasteiger partial charge >= 0.3 is 60.7 Å². The molecule has 0 radical (unpaired) electrons. The van der Waals surface area contributed by atoms with E-state index in [0.29, 0.717) is 53.0 Å². The average molecular weight is 2030 g/mol. The maximum atomic E-state index is 13.3. The van der Waals surface area contributed by atoms with Crippen LogP contribution in [0.2, 0.25) is 0 Å². The SMILES string of the molecule is CCCCC[NH+]1/C(=C/C=C/C2=[N+](CCCS(=O)(=O)[O-])c3ccc(-c4cc(C(=O)NCCS(=O)(=O)O)nc(C(=O)NCCS(=O)(=O)O)c4)cc3C2(C)C)C(C)(C)c2cc(-c3cc(C(=O)NCC)nc(C(=O)NCC)c3)ccc21.CCNC(=O)c1cc(Br)cc(C(=O)NCC)n1.O=C(O)c1cc(Br)ccn1.O=C=O.O=C=O.O=S(=O)=O.O=S(=O)=O.O=S(=O)=O.O=S(=O)=O. The predicted octanol–water partition coefficient (Wildman–Crippen LogP) is 1.70. The summed E-state index contributed by atoms with van der Waals surface area (Å²) in [4.78, 5) is 136. The average Bonchev–Trinajstić information content (AvgIpc) is 1.59. The molecule has 0 fully saturated rings. The molecule has 0 aliphatic carbocycles. The number of rotatable bonds is 29. The Balaban J connectivity index is 0.00000256. The Morgan fingerprint density at radius 3 is 1.18 bits per heavy atom. The number of carboxylic acid groups (broad SMARTS) is 1. The molecule has 10 N–H and O–H groups in total. The van der Waals surface area contributed by atoms with Crippen molar-refractivity contribution in [2.45, 2.75) is 98.8 Å². The number of nitrogens with zero attached hydrogens (tertiary/aromatic N) is 5. The third kappa shape index (κ3) is 42.8. The second kappa shape index (κ2) is 56.4. The highest BCUT2D eigenvalue weighted by Crippen LogP contribution is 2.44. The lowest BCUT2D eigenvalue weighted by atomic mass is 9.80. The normalized spacial score (nSPS) is 12.9. The number of quaternary nitrogens is 1. The zero-order chi connectivity index (χ0) is 96.8. The van der Waals surface area contributed by atoms with Crippen molar-refractivity contribution in [2.75, 3.05) is 69.6 Å². The van der Waals surface area contributed by atoms with Crippen molar-refractivity contribution in [1.82, 2.24) is 51.8 Å². The zero-order valence-corrected chi connectivity index (χ0v) is 76.8. The maximum absolute atomic E-state index is 13.3. The molecule has 6 heterocycles. The molecule has 2 aromatic carbocycles. The van der Waals surface area contributed by atoms with E-state index >= 15 is 0 Å². The Kier molecular flexibility index (Phi) is 51.2. The summed E-state index contributed by atoms with van der Waals surface area (Å²) >= 11 is 6.38. The molecule has 54 heteroatoms. The second-order valence-electron chi connectivity index (χ2n) is 25.7. The number of aromatic nitrogens is 4. The number of carboxylic acids is 1. The molecular formula is C72H85Br2N12O33S7+. The van der Waals surface area contributed by atoms with E-state index in [1.807, 2.05) is 56.6 Å². The molecule has 0 bridgehead atoms. The molecule has 4 aromatic heterocycles. The molecular weight excluding hydrogens is 1950 g/mol. The van der Waals surface area contributed by atoms with Crippen LogP contribution in [-0.2, 0) is 103 Å². The molecule has 45 nitrogen and oxygen atoms in total. The van der Waals surface area contributed by atoms with Crippen molar-refractivity contribution in [2.24, 2.45) is 0 Å². The van der Waals surface area contributed by atoms with Gasteiger partial charge in [0.2, 0.25) is 5.69 Å². The number of halogens is 2. The van der Waals surface area contributed by atoms with Crippen molar-refractivity contribution in [1.29, 1.82) is 0 Å². The fraction of sp³-hybridized carbons (Fsp3) is 0.361. The quantitative estimate of drug-likeness (QED) is 0.0181. The monoisotopic (exact) mass is 2030 g/mol. The Hall–Kier alpha value is -11.6. The van der Waals surface area contributed by atoms with E-state index in [-0.39, 0.29) is 76.9 Å². The minimum absolute atomic E-state index is 0.00500. The van der Waals surface area contributed by atoms with Crippen LogP contribution in [0.25, 0.3) is 22.3 Å². The highest BCUT2D eigenvalue weighted by molar-refractivity contribution is 9.10. The Bertz CT molecular complexity index is 5690. The van der Waals surface area contributed by atoms with Gasteiger partial charge in [0, 0.05) is 95.9 Å². The lowest BCUT2D eigenvalue weighted by Gasteiger charge is -2.21. The Morgan fingerprint density at radius 2 is 0.841 bits per heavy atom. The summed E-state index contributed by atoms with van der Waals surface area (Å²) in [5, 5.41) is 24.0. The standard InChI is InChI=1S/C53H66N8O13S3.C11H14BrN3O2.C6H4BrNO2.2CO2.4O3S/c1-8-11-12-23-60-44-19-17-34(36-30-40(48(62)54-9-2)58-41(31-36)49(63)55-10-3)28-38(44)52(4,5)46(60)15-13-16-47-53(6,7)39-29-35(18-20-45(39)61(47)24-14-25-75(66,67)68)37-32-42(50(64)56-21-26-76(69,70)71)59-43(33-37)51(65)57-22-27-77(72,73)74;1-3-13-10(16)8-5-7(12)6-9(15-8)11(17)14-4-2;7-4-1-2-8-5(3-4)6(9)10;2*2-1-3;4*1-4(2)3/h13,15-20,28-33H,8-12,14,21-27H2,1-7H3,(H6-,54,55,56,57,62,63,64,65,66,67,68,69,70,71,72,73,74);5-6H,3-4H2,1-2H3,(H,13,16)(H,14,17);1-3H,(H,9,10);;;;;;/p+1. The summed E-state index contributed by atoms with van der Waals surface area (Å²) in [6, 6.07) is 23.9. The molecule has 126 heavy (non-hydrogen) atoms. The molecule has 0 saturated heterocycles. The van der Waals surface area contributed by atoms with Crippen LogP contribution < -0.4 is 36.8 Å². The number of nitrogens with one attached hydrogen (secondary N) is 7. The molecule has 6 amide bonds. The number of unbranched alkanes of at least 4 members (excludes halogenated alkanes) is 2. The van der Waals surface area contributed by atoms with Crippen LogP contribution in [0, 0.1) is 0 Å². The first-order valence-electron chi connectivity index (χ1n) is 36.0. The predicted molar refractivity (Wildman–Crippen MR) is 446 cm³/mol. The van der Waals surface area contributed by atoms with Gasteiger partial charge in [0.05, 0.1) is 39.0 Å². The van der Waals surface area contributed by atoms with Gasteiger partial charge in [0.1, 0.15) is 57.8 Å². The molecule has 8 rings (SSSR count). The topological polar surface area (TPSA) is 710 Å². The summed E-state index contributed by atoms with van der Waals surface area (Å²) in [6.45, 7) is 19.4. The Labute approximate surface area is 744 Å². The summed E-state index contributed by atoms with van der Waals surface area (Å²) in [7, 11) is -25.9. The molecule has 1 unspecified atom stereocenters. The fourth-order valence-corrected chi connectivity index (χ4v) is 13.4. The van der Waals surface area contributed by atoms with E-state index in [0.717, 1.165) is 64.1 Å². The number of amides is 6. The third-order valence-electron chi connectivity index (χ3n) is 16.3. The van der Waals surface area contributed by atoms with Crippen molar-refractivity contribution in [3.8, 4) is 22.3 Å². The minimum atomic E-state index is -4.56. The van der Waals surface area contributed by atoms with E-state index in [4.69, 9.17) is 74.8 Å². The van der Waals surface area contributed by atoms with Gasteiger partial charge in [0.25, 0.3) is 55.7 Å². The highest BCUT2D eigenvalue weighted by Gasteiger charge is 2.47. The smallest absolute Gasteiger partial charge is 0.425 e. The molecule has 6 aromatic rings. The second-order valence-corrected chi connectivity index (χ2v) is 33.9. The van der Waals surface area contributed by atoms with Crippen LogP contribution in [-0.4, -0.2) is 248 Å². The Morgan fingerprint density at radius 1 is 0.484 bits per heavy atom. The van der Waals surface area contributed by atoms with Gasteiger partial charge in [0.15, 0.2) is 5.71 Å². The van der Waals surface area contributed by atoms with Gasteiger partial charge in [-0.15, -0.1) is 50.5 Å². The van der Waals surface area contributed by atoms with E-state index in [2.05, 4.69) is 123 Å².